The zero-order valence-electron chi connectivity index (χ0n) is 15.1. The minimum atomic E-state index is -1.32. The highest BCUT2D eigenvalue weighted by Gasteiger charge is 2.52. The Morgan fingerprint density at radius 1 is 1.19 bits per heavy atom. The molecule has 7 nitrogen and oxygen atoms in total. The second-order valence-electron chi connectivity index (χ2n) is 6.87. The van der Waals surface area contributed by atoms with Gasteiger partial charge in [-0.15, -0.1) is 0 Å². The van der Waals surface area contributed by atoms with E-state index in [4.69, 9.17) is 4.74 Å². The summed E-state index contributed by atoms with van der Waals surface area (Å²) in [7, 11) is 0. The summed E-state index contributed by atoms with van der Waals surface area (Å²) in [6.45, 7) is 4.49. The molecule has 2 heterocycles. The molecular formula is C19H23N2O5-. The molecule has 0 unspecified atom stereocenters. The van der Waals surface area contributed by atoms with Crippen LogP contribution in [0.3, 0.4) is 0 Å². The first-order valence-corrected chi connectivity index (χ1v) is 8.91. The summed E-state index contributed by atoms with van der Waals surface area (Å²) in [5.74, 6) is -1.66. The lowest BCUT2D eigenvalue weighted by molar-refractivity contribution is -0.310. The smallest absolute Gasteiger partial charge is 0.256 e. The maximum absolute atomic E-state index is 13.1. The van der Waals surface area contributed by atoms with Crippen LogP contribution in [0.2, 0.25) is 0 Å². The van der Waals surface area contributed by atoms with Crippen LogP contribution in [0.1, 0.15) is 42.1 Å². The number of amides is 2. The molecule has 0 radical (unpaired) electrons. The van der Waals surface area contributed by atoms with Crippen molar-refractivity contribution in [2.45, 2.75) is 44.9 Å². The van der Waals surface area contributed by atoms with E-state index in [0.29, 0.717) is 37.9 Å². The predicted octanol–water partition coefficient (Wildman–Crippen LogP) is 0.315. The number of aliphatic carboxylic acids is 1. The number of carbonyl (C=O) groups is 3. The van der Waals surface area contributed by atoms with Gasteiger partial charge in [0.05, 0.1) is 18.6 Å². The normalized spacial score (nSPS) is 21.8. The van der Waals surface area contributed by atoms with Gasteiger partial charge in [0, 0.05) is 37.9 Å². The average Bonchev–Trinajstić information content (AvgIpc) is 3.00. The molecule has 2 aliphatic heterocycles. The minimum absolute atomic E-state index is 0.0470. The number of carbonyl (C=O) groups excluding carboxylic acids is 3. The van der Waals surface area contributed by atoms with Gasteiger partial charge in [0.1, 0.15) is 5.72 Å². The van der Waals surface area contributed by atoms with Crippen LogP contribution in [0.4, 0.5) is 0 Å². The molecule has 0 bridgehead atoms. The van der Waals surface area contributed by atoms with Gasteiger partial charge in [-0.05, 0) is 19.1 Å². The van der Waals surface area contributed by atoms with Crippen molar-refractivity contribution in [1.29, 1.82) is 0 Å². The largest absolute Gasteiger partial charge is 0.548 e. The third kappa shape index (κ3) is 3.19. The number of ether oxygens (including phenoxy) is 1. The van der Waals surface area contributed by atoms with Crippen molar-refractivity contribution < 1.29 is 24.2 Å². The number of likely N-dealkylation sites (tertiary alicyclic amines) is 1. The standard InChI is InChI=1S/C19H24N2O5/c1-3-16(22)20-10-8-19(9-11-20)21(15(12-26-19)18(24)25)17(23)14-6-4-13(2)5-7-14/h4-7,15H,3,8-12H2,1-2H3,(H,24,25)/p-1/t15-/m0/s1. The molecule has 1 aromatic carbocycles. The molecule has 2 saturated heterocycles. The van der Waals surface area contributed by atoms with Gasteiger partial charge in [0.2, 0.25) is 5.91 Å². The van der Waals surface area contributed by atoms with Crippen molar-refractivity contribution in [2.75, 3.05) is 19.7 Å². The first-order valence-electron chi connectivity index (χ1n) is 8.91. The van der Waals surface area contributed by atoms with Crippen molar-refractivity contribution in [1.82, 2.24) is 9.80 Å². The molecule has 2 fully saturated rings. The number of benzene rings is 1. The third-order valence-corrected chi connectivity index (χ3v) is 5.25. The molecule has 0 N–H and O–H groups in total. The van der Waals surface area contributed by atoms with Crippen molar-refractivity contribution in [3.63, 3.8) is 0 Å². The number of carboxylic acid groups (broad SMARTS) is 1. The number of carboxylic acids is 1. The van der Waals surface area contributed by atoms with Crippen LogP contribution in [0.25, 0.3) is 0 Å². The highest BCUT2D eigenvalue weighted by Crippen LogP contribution is 2.38. The van der Waals surface area contributed by atoms with Crippen LogP contribution >= 0.6 is 0 Å². The molecule has 3 rings (SSSR count). The van der Waals surface area contributed by atoms with Gasteiger partial charge < -0.3 is 19.5 Å². The SMILES string of the molecule is CCC(=O)N1CCC2(CC1)OC[C@@H](C(=O)[O-])N2C(=O)c1ccc(C)cc1. The molecule has 1 aromatic rings. The number of rotatable bonds is 3. The van der Waals surface area contributed by atoms with E-state index in [1.54, 1.807) is 24.0 Å². The Labute approximate surface area is 152 Å². The Morgan fingerprint density at radius 3 is 2.35 bits per heavy atom. The molecular weight excluding hydrogens is 336 g/mol. The van der Waals surface area contributed by atoms with Crippen LogP contribution in [0.5, 0.6) is 0 Å². The number of piperidine rings is 1. The lowest BCUT2D eigenvalue weighted by atomic mass is 9.96. The average molecular weight is 359 g/mol. The Morgan fingerprint density at radius 2 is 1.81 bits per heavy atom. The molecule has 7 heteroatoms. The lowest BCUT2D eigenvalue weighted by Gasteiger charge is -2.45. The van der Waals surface area contributed by atoms with Gasteiger partial charge in [-0.25, -0.2) is 0 Å². The Balaban J connectivity index is 1.87. The summed E-state index contributed by atoms with van der Waals surface area (Å²) in [4.78, 5) is 39.7. The highest BCUT2D eigenvalue weighted by atomic mass is 16.5. The number of nitrogens with zero attached hydrogens (tertiary/aromatic N) is 2. The van der Waals surface area contributed by atoms with E-state index in [2.05, 4.69) is 0 Å². The molecule has 2 amide bonds. The molecule has 0 saturated carbocycles. The van der Waals surface area contributed by atoms with E-state index in [1.807, 2.05) is 19.1 Å². The first kappa shape index (κ1) is 18.4. The summed E-state index contributed by atoms with van der Waals surface area (Å²) < 4.78 is 5.84. The zero-order chi connectivity index (χ0) is 18.9. The molecule has 0 aromatic heterocycles. The van der Waals surface area contributed by atoms with Gasteiger partial charge >= 0.3 is 0 Å². The lowest BCUT2D eigenvalue weighted by Crippen LogP contribution is -2.60. The highest BCUT2D eigenvalue weighted by molar-refractivity contribution is 5.97. The fourth-order valence-electron chi connectivity index (χ4n) is 3.71. The van der Waals surface area contributed by atoms with Crippen LogP contribution < -0.4 is 5.11 Å². The molecule has 140 valence electrons. The van der Waals surface area contributed by atoms with E-state index >= 15 is 0 Å². The number of hydrogen-bond donors (Lipinski definition) is 0. The van der Waals surface area contributed by atoms with Gasteiger partial charge in [-0.2, -0.15) is 0 Å². The minimum Gasteiger partial charge on any atom is -0.548 e. The van der Waals surface area contributed by atoms with Gasteiger partial charge in [-0.3, -0.25) is 14.5 Å². The quantitative estimate of drug-likeness (QED) is 0.775. The monoisotopic (exact) mass is 359 g/mol. The summed E-state index contributed by atoms with van der Waals surface area (Å²) in [6, 6.07) is 5.87. The zero-order valence-corrected chi connectivity index (χ0v) is 15.1. The van der Waals surface area contributed by atoms with E-state index in [0.717, 1.165) is 5.56 Å². The molecule has 1 spiro atoms. The number of aryl methyl sites for hydroxylation is 1. The summed E-state index contributed by atoms with van der Waals surface area (Å²) in [6.07, 6.45) is 1.20. The van der Waals surface area contributed by atoms with Crippen LogP contribution in [-0.2, 0) is 14.3 Å². The number of hydrogen-bond acceptors (Lipinski definition) is 5. The van der Waals surface area contributed by atoms with Crippen molar-refractivity contribution in [2.24, 2.45) is 0 Å². The van der Waals surface area contributed by atoms with Crippen LogP contribution in [-0.4, -0.2) is 59.0 Å². The Kier molecular flexibility index (Phi) is 5.00. The Bertz CT molecular complexity index is 707. The van der Waals surface area contributed by atoms with E-state index in [-0.39, 0.29) is 18.4 Å². The van der Waals surface area contributed by atoms with Crippen molar-refractivity contribution >= 4 is 17.8 Å². The Hall–Kier alpha value is -2.41. The predicted molar refractivity (Wildman–Crippen MR) is 90.9 cm³/mol. The fraction of sp³-hybridized carbons (Fsp3) is 0.526. The summed E-state index contributed by atoms with van der Waals surface area (Å²) >= 11 is 0. The topological polar surface area (TPSA) is 90.0 Å². The van der Waals surface area contributed by atoms with E-state index in [9.17, 15) is 19.5 Å². The van der Waals surface area contributed by atoms with Gasteiger partial charge in [-0.1, -0.05) is 24.6 Å². The summed E-state index contributed by atoms with van der Waals surface area (Å²) in [5, 5.41) is 11.6. The maximum atomic E-state index is 13.1. The maximum Gasteiger partial charge on any atom is 0.256 e. The van der Waals surface area contributed by atoms with Gasteiger partial charge in [0.15, 0.2) is 0 Å². The van der Waals surface area contributed by atoms with E-state index in [1.165, 1.54) is 4.90 Å². The van der Waals surface area contributed by atoms with E-state index < -0.39 is 17.7 Å². The van der Waals surface area contributed by atoms with Crippen LogP contribution in [0, 0.1) is 6.92 Å². The molecule has 0 aliphatic carbocycles. The summed E-state index contributed by atoms with van der Waals surface area (Å²) in [5.41, 5.74) is 0.424. The van der Waals surface area contributed by atoms with Crippen molar-refractivity contribution in [3.8, 4) is 0 Å². The van der Waals surface area contributed by atoms with Crippen molar-refractivity contribution in [3.05, 3.63) is 35.4 Å². The fourth-order valence-corrected chi connectivity index (χ4v) is 3.71. The third-order valence-electron chi connectivity index (χ3n) is 5.25. The van der Waals surface area contributed by atoms with Crippen LogP contribution in [0.15, 0.2) is 24.3 Å². The first-order chi connectivity index (χ1) is 12.4. The molecule has 1 atom stereocenters. The van der Waals surface area contributed by atoms with Gasteiger partial charge in [0.25, 0.3) is 5.91 Å². The molecule has 26 heavy (non-hydrogen) atoms. The second-order valence-corrected chi connectivity index (χ2v) is 6.87. The molecule has 2 aliphatic rings. The second kappa shape index (κ2) is 7.07.